The number of carbonyl (C=O) groups excluding carboxylic acids is 1. The molecule has 0 N–H and O–H groups in total. The van der Waals surface area contributed by atoms with Gasteiger partial charge >= 0.3 is 0 Å². The van der Waals surface area contributed by atoms with Gasteiger partial charge in [-0.05, 0) is 44.4 Å². The molecule has 0 aliphatic carbocycles. The van der Waals surface area contributed by atoms with Gasteiger partial charge in [-0.3, -0.25) is 9.69 Å². The van der Waals surface area contributed by atoms with Gasteiger partial charge in [0.25, 0.3) is 0 Å². The predicted octanol–water partition coefficient (Wildman–Crippen LogP) is 3.21. The Labute approximate surface area is 172 Å². The predicted molar refractivity (Wildman–Crippen MR) is 112 cm³/mol. The summed E-state index contributed by atoms with van der Waals surface area (Å²) in [5.74, 6) is 2.04. The first-order chi connectivity index (χ1) is 14.0. The van der Waals surface area contributed by atoms with Crippen molar-refractivity contribution in [3.8, 4) is 5.75 Å². The number of hydrogen-bond acceptors (Lipinski definition) is 5. The van der Waals surface area contributed by atoms with Crippen LogP contribution in [-0.4, -0.2) is 51.9 Å². The maximum absolute atomic E-state index is 11.6. The van der Waals surface area contributed by atoms with Gasteiger partial charge in [-0.15, -0.1) is 0 Å². The van der Waals surface area contributed by atoms with E-state index < -0.39 is 0 Å². The lowest BCUT2D eigenvalue weighted by Crippen LogP contribution is -2.35. The molecule has 29 heavy (non-hydrogen) atoms. The Morgan fingerprint density at radius 1 is 1.24 bits per heavy atom. The minimum absolute atomic E-state index is 0.116. The summed E-state index contributed by atoms with van der Waals surface area (Å²) in [6.07, 6.45) is 4.98. The lowest BCUT2D eigenvalue weighted by molar-refractivity contribution is -0.129. The summed E-state index contributed by atoms with van der Waals surface area (Å²) in [7, 11) is 0. The highest BCUT2D eigenvalue weighted by Crippen LogP contribution is 2.31. The summed E-state index contributed by atoms with van der Waals surface area (Å²) in [6, 6.07) is 6.51. The van der Waals surface area contributed by atoms with E-state index in [1.807, 2.05) is 11.1 Å². The van der Waals surface area contributed by atoms with Gasteiger partial charge in [-0.1, -0.05) is 18.2 Å². The van der Waals surface area contributed by atoms with E-state index in [4.69, 9.17) is 9.72 Å². The van der Waals surface area contributed by atoms with Crippen molar-refractivity contribution in [2.24, 2.45) is 0 Å². The fourth-order valence-corrected chi connectivity index (χ4v) is 4.44. The average Bonchev–Trinajstić information content (AvgIpc) is 3.18. The molecule has 0 spiro atoms. The van der Waals surface area contributed by atoms with Crippen molar-refractivity contribution in [3.63, 3.8) is 0 Å². The third kappa shape index (κ3) is 4.27. The van der Waals surface area contributed by atoms with Crippen LogP contribution in [0.2, 0.25) is 0 Å². The average molecular weight is 395 g/mol. The number of rotatable bonds is 5. The van der Waals surface area contributed by atoms with Crippen LogP contribution < -0.4 is 4.74 Å². The minimum Gasteiger partial charge on any atom is -0.492 e. The number of para-hydroxylation sites is 1. The summed E-state index contributed by atoms with van der Waals surface area (Å²) in [5.41, 5.74) is 4.55. The van der Waals surface area contributed by atoms with E-state index >= 15 is 0 Å². The van der Waals surface area contributed by atoms with E-state index in [-0.39, 0.29) is 11.9 Å². The second kappa shape index (κ2) is 8.49. The second-order valence-electron chi connectivity index (χ2n) is 8.15. The minimum atomic E-state index is 0.116. The van der Waals surface area contributed by atoms with Crippen molar-refractivity contribution >= 4 is 5.91 Å². The Morgan fingerprint density at radius 2 is 2.03 bits per heavy atom. The molecule has 2 aliphatic rings. The van der Waals surface area contributed by atoms with Crippen LogP contribution >= 0.6 is 0 Å². The van der Waals surface area contributed by atoms with Crippen molar-refractivity contribution in [2.75, 3.05) is 26.2 Å². The van der Waals surface area contributed by atoms with Gasteiger partial charge in [-0.2, -0.15) is 0 Å². The lowest BCUT2D eigenvalue weighted by Gasteiger charge is -2.28. The molecular weight excluding hydrogens is 364 g/mol. The molecule has 6 nitrogen and oxygen atoms in total. The number of benzene rings is 1. The standard InChI is InChI=1S/C23H30N4O2/c1-16-6-4-7-17(2)22(16)29-13-12-26-10-5-8-21(26)23-24-14-19-15-27(18(3)28)11-9-20(19)25-23/h4,6-7,14,21H,5,8-13,15H2,1-3H3. The number of carbonyl (C=O) groups is 1. The van der Waals surface area contributed by atoms with Gasteiger partial charge in [0.2, 0.25) is 5.91 Å². The molecule has 1 atom stereocenters. The van der Waals surface area contributed by atoms with E-state index in [0.717, 1.165) is 61.7 Å². The first kappa shape index (κ1) is 19.8. The Balaban J connectivity index is 1.40. The van der Waals surface area contributed by atoms with Crippen LogP contribution in [0.15, 0.2) is 24.4 Å². The van der Waals surface area contributed by atoms with E-state index in [9.17, 15) is 4.79 Å². The molecular formula is C23H30N4O2. The van der Waals surface area contributed by atoms with Crippen LogP contribution in [0.25, 0.3) is 0 Å². The number of aromatic nitrogens is 2. The van der Waals surface area contributed by atoms with E-state index in [2.05, 4.69) is 41.9 Å². The zero-order chi connectivity index (χ0) is 20.4. The van der Waals surface area contributed by atoms with Gasteiger partial charge in [0.15, 0.2) is 0 Å². The summed E-state index contributed by atoms with van der Waals surface area (Å²) >= 11 is 0. The van der Waals surface area contributed by atoms with E-state index in [1.54, 1.807) is 6.92 Å². The molecule has 0 bridgehead atoms. The Bertz CT molecular complexity index is 878. The monoisotopic (exact) mass is 394 g/mol. The molecule has 1 fully saturated rings. The smallest absolute Gasteiger partial charge is 0.219 e. The summed E-state index contributed by atoms with van der Waals surface area (Å²) in [5, 5.41) is 0. The topological polar surface area (TPSA) is 58.6 Å². The Morgan fingerprint density at radius 3 is 2.79 bits per heavy atom. The van der Waals surface area contributed by atoms with Crippen LogP contribution in [0.5, 0.6) is 5.75 Å². The van der Waals surface area contributed by atoms with E-state index in [0.29, 0.717) is 13.2 Å². The molecule has 4 rings (SSSR count). The Hall–Kier alpha value is -2.47. The third-order valence-electron chi connectivity index (χ3n) is 6.09. The zero-order valence-corrected chi connectivity index (χ0v) is 17.6. The molecule has 2 aliphatic heterocycles. The second-order valence-corrected chi connectivity index (χ2v) is 8.15. The highest BCUT2D eigenvalue weighted by Gasteiger charge is 2.29. The number of hydrogen-bond donors (Lipinski definition) is 0. The highest BCUT2D eigenvalue weighted by molar-refractivity contribution is 5.73. The third-order valence-corrected chi connectivity index (χ3v) is 6.09. The molecule has 0 saturated carbocycles. The number of aryl methyl sites for hydroxylation is 2. The van der Waals surface area contributed by atoms with Gasteiger partial charge in [0.1, 0.15) is 18.2 Å². The van der Waals surface area contributed by atoms with Gasteiger partial charge < -0.3 is 9.64 Å². The molecule has 1 amide bonds. The van der Waals surface area contributed by atoms with Crippen molar-refractivity contribution in [1.29, 1.82) is 0 Å². The normalized spacial score (nSPS) is 19.3. The SMILES string of the molecule is CC(=O)N1CCc2nc(C3CCCN3CCOc3c(C)cccc3C)ncc2C1. The number of likely N-dealkylation sites (tertiary alicyclic amines) is 1. The molecule has 1 aromatic heterocycles. The van der Waals surface area contributed by atoms with Crippen LogP contribution in [0.1, 0.15) is 54.0 Å². The molecule has 0 radical (unpaired) electrons. The number of nitrogens with zero attached hydrogens (tertiary/aromatic N) is 4. The van der Waals surface area contributed by atoms with Crippen LogP contribution in [0, 0.1) is 13.8 Å². The Kier molecular flexibility index (Phi) is 5.81. The fraction of sp³-hybridized carbons (Fsp3) is 0.522. The quantitative estimate of drug-likeness (QED) is 0.779. The van der Waals surface area contributed by atoms with Gasteiger partial charge in [0, 0.05) is 44.7 Å². The van der Waals surface area contributed by atoms with E-state index in [1.165, 1.54) is 11.1 Å². The zero-order valence-electron chi connectivity index (χ0n) is 17.6. The van der Waals surface area contributed by atoms with Crippen LogP contribution in [0.4, 0.5) is 0 Å². The summed E-state index contributed by atoms with van der Waals surface area (Å²) < 4.78 is 6.12. The van der Waals surface area contributed by atoms with Crippen molar-refractivity contribution in [3.05, 3.63) is 52.6 Å². The van der Waals surface area contributed by atoms with Crippen molar-refractivity contribution < 1.29 is 9.53 Å². The van der Waals surface area contributed by atoms with Gasteiger partial charge in [-0.25, -0.2) is 9.97 Å². The first-order valence-electron chi connectivity index (χ1n) is 10.6. The maximum atomic E-state index is 11.6. The number of fused-ring (bicyclic) bond motifs is 1. The highest BCUT2D eigenvalue weighted by atomic mass is 16.5. The summed E-state index contributed by atoms with van der Waals surface area (Å²) in [6.45, 7) is 9.78. The molecule has 1 saturated heterocycles. The van der Waals surface area contributed by atoms with Crippen LogP contribution in [-0.2, 0) is 17.8 Å². The number of ether oxygens (including phenoxy) is 1. The van der Waals surface area contributed by atoms with Crippen LogP contribution in [0.3, 0.4) is 0 Å². The molecule has 154 valence electrons. The first-order valence-corrected chi connectivity index (χ1v) is 10.6. The van der Waals surface area contributed by atoms with Gasteiger partial charge in [0.05, 0.1) is 11.7 Å². The molecule has 3 heterocycles. The molecule has 1 unspecified atom stereocenters. The fourth-order valence-electron chi connectivity index (χ4n) is 4.44. The van der Waals surface area contributed by atoms with Crippen molar-refractivity contribution in [2.45, 2.75) is 52.6 Å². The van der Waals surface area contributed by atoms with Crippen molar-refractivity contribution in [1.82, 2.24) is 19.8 Å². The molecule has 1 aromatic carbocycles. The maximum Gasteiger partial charge on any atom is 0.219 e. The molecule has 6 heteroatoms. The molecule has 2 aromatic rings. The summed E-state index contributed by atoms with van der Waals surface area (Å²) in [4.78, 5) is 25.5. The number of amides is 1. The lowest BCUT2D eigenvalue weighted by atomic mass is 10.1. The largest absolute Gasteiger partial charge is 0.492 e.